The highest BCUT2D eigenvalue weighted by Gasteiger charge is 2.85. The van der Waals surface area contributed by atoms with Gasteiger partial charge in [0.15, 0.2) is 4.33 Å². The van der Waals surface area contributed by atoms with Crippen LogP contribution >= 0.6 is 80.9 Å². The average Bonchev–Trinajstić information content (AvgIpc) is 3.25. The Bertz CT molecular complexity index is 1310. The maximum atomic E-state index is 13.7. The van der Waals surface area contributed by atoms with Crippen LogP contribution in [-0.2, 0) is 14.3 Å². The first-order chi connectivity index (χ1) is 16.8. The third-order valence-corrected chi connectivity index (χ3v) is 11.6. The number of nitrogens with one attached hydrogen (secondary N) is 1. The van der Waals surface area contributed by atoms with Gasteiger partial charge in [0.05, 0.1) is 28.5 Å². The fraction of sp³-hybridized carbons (Fsp3) is 0.348. The number of aryl methyl sites for hydroxylation is 1. The summed E-state index contributed by atoms with van der Waals surface area (Å²) in [4.78, 5) is 35.4. The zero-order chi connectivity index (χ0) is 26.8. The predicted molar refractivity (Wildman–Crippen MR) is 144 cm³/mol. The second-order valence-corrected chi connectivity index (χ2v) is 12.7. The lowest BCUT2D eigenvalue weighted by Crippen LogP contribution is -2.47. The summed E-state index contributed by atoms with van der Waals surface area (Å²) in [6.07, 6.45) is 0. The van der Waals surface area contributed by atoms with Crippen LogP contribution in [0, 0.1) is 18.8 Å². The molecular formula is C23H17Cl6NO5S. The highest BCUT2D eigenvalue weighted by Crippen LogP contribution is 2.76. The fourth-order valence-electron chi connectivity index (χ4n) is 4.80. The molecule has 1 aromatic carbocycles. The van der Waals surface area contributed by atoms with Crippen LogP contribution in [0.4, 0.5) is 5.00 Å². The quantitative estimate of drug-likeness (QED) is 0.265. The summed E-state index contributed by atoms with van der Waals surface area (Å²) in [6.45, 7) is 3.53. The monoisotopic (exact) mass is 629 g/mol. The summed E-state index contributed by atoms with van der Waals surface area (Å²) in [5.74, 6) is -6.45. The second-order valence-electron chi connectivity index (χ2n) is 8.23. The number of carboxylic acid groups (broad SMARTS) is 1. The number of hydrogen-bond acceptors (Lipinski definition) is 5. The van der Waals surface area contributed by atoms with Gasteiger partial charge in [-0.2, -0.15) is 0 Å². The highest BCUT2D eigenvalue weighted by molar-refractivity contribution is 7.17. The number of benzene rings is 1. The van der Waals surface area contributed by atoms with E-state index in [1.807, 2.05) is 30.3 Å². The van der Waals surface area contributed by atoms with E-state index in [4.69, 9.17) is 74.3 Å². The summed E-state index contributed by atoms with van der Waals surface area (Å²) in [5, 5.41) is 12.1. The van der Waals surface area contributed by atoms with E-state index in [-0.39, 0.29) is 27.2 Å². The van der Waals surface area contributed by atoms with Crippen LogP contribution in [0.5, 0.6) is 0 Å². The number of halogens is 6. The number of ether oxygens (including phenoxy) is 1. The number of rotatable bonds is 6. The van der Waals surface area contributed by atoms with Gasteiger partial charge < -0.3 is 15.2 Å². The molecule has 1 aromatic heterocycles. The number of carbonyl (C=O) groups is 3. The van der Waals surface area contributed by atoms with Crippen molar-refractivity contribution in [3.05, 3.63) is 50.8 Å². The van der Waals surface area contributed by atoms with Crippen LogP contribution in [0.25, 0.3) is 11.1 Å². The van der Waals surface area contributed by atoms with E-state index in [2.05, 4.69) is 5.32 Å². The standard InChI is InChI=1S/C23H17Cl6NO5S/c1-3-35-20(34)12-11(10-7-5-4-6-8-10)9(2)36-18(12)30-17(31)13-14(19(32)33)22(27)16(25)15(24)21(13,26)23(22,28)29/h4-8,13-14H,3H2,1-2H3,(H,30,31)(H,32,33)/t13-,14-,21-,22-/m1/s1. The van der Waals surface area contributed by atoms with Gasteiger partial charge in [-0.1, -0.05) is 76.7 Å². The average molecular weight is 632 g/mol. The first kappa shape index (κ1) is 27.8. The summed E-state index contributed by atoms with van der Waals surface area (Å²) in [5.41, 5.74) is 1.40. The number of allylic oxidation sites excluding steroid dienone is 2. The Morgan fingerprint density at radius 1 is 1.03 bits per heavy atom. The van der Waals surface area contributed by atoms with Gasteiger partial charge in [-0.3, -0.25) is 9.59 Å². The van der Waals surface area contributed by atoms with Gasteiger partial charge in [0.1, 0.15) is 20.3 Å². The largest absolute Gasteiger partial charge is 0.481 e. The molecule has 4 atom stereocenters. The lowest BCUT2D eigenvalue weighted by atomic mass is 9.81. The zero-order valence-electron chi connectivity index (χ0n) is 18.5. The van der Waals surface area contributed by atoms with E-state index in [9.17, 15) is 19.5 Å². The molecule has 0 saturated heterocycles. The van der Waals surface area contributed by atoms with E-state index >= 15 is 0 Å². The topological polar surface area (TPSA) is 92.7 Å². The Kier molecular flexibility index (Phi) is 7.37. The molecule has 192 valence electrons. The van der Waals surface area contributed by atoms with E-state index in [1.165, 1.54) is 0 Å². The molecule has 4 rings (SSSR count). The summed E-state index contributed by atoms with van der Waals surface area (Å²) < 4.78 is 3.00. The number of thiophene rings is 1. The van der Waals surface area contributed by atoms with Crippen molar-refractivity contribution in [2.24, 2.45) is 11.8 Å². The maximum absolute atomic E-state index is 13.7. The Morgan fingerprint density at radius 3 is 2.11 bits per heavy atom. The Balaban J connectivity index is 1.84. The number of aliphatic carboxylic acids is 1. The first-order valence-corrected chi connectivity index (χ1v) is 13.6. The van der Waals surface area contributed by atoms with Gasteiger partial charge in [-0.05, 0) is 19.4 Å². The smallest absolute Gasteiger partial charge is 0.341 e. The summed E-state index contributed by atoms with van der Waals surface area (Å²) in [7, 11) is 0. The van der Waals surface area contributed by atoms with E-state index in [0.717, 1.165) is 16.9 Å². The lowest BCUT2D eigenvalue weighted by Gasteiger charge is -2.33. The van der Waals surface area contributed by atoms with Crippen molar-refractivity contribution >= 4 is 104 Å². The first-order valence-electron chi connectivity index (χ1n) is 10.5. The minimum Gasteiger partial charge on any atom is -0.481 e. The molecule has 1 amide bonds. The third kappa shape index (κ3) is 3.62. The minimum absolute atomic E-state index is 0.0958. The zero-order valence-corrected chi connectivity index (χ0v) is 23.9. The molecule has 0 spiro atoms. The highest BCUT2D eigenvalue weighted by atomic mass is 35.5. The number of carbonyl (C=O) groups excluding carboxylic acids is 2. The SMILES string of the molecule is CCOC(=O)c1c(NC(=O)[C@H]2[C@H](C(=O)O)[C@@]3(Cl)C(Cl)=C(Cl)[C@@]2(Cl)C3(Cl)Cl)sc(C)c1-c1ccccc1. The molecule has 2 N–H and O–H groups in total. The molecule has 0 radical (unpaired) electrons. The van der Waals surface area contributed by atoms with Crippen molar-refractivity contribution < 1.29 is 24.2 Å². The number of amides is 1. The number of anilines is 1. The molecule has 0 unspecified atom stereocenters. The molecule has 2 aromatic rings. The van der Waals surface area contributed by atoms with Crippen LogP contribution in [-0.4, -0.2) is 43.6 Å². The van der Waals surface area contributed by atoms with Gasteiger partial charge in [-0.15, -0.1) is 34.5 Å². The van der Waals surface area contributed by atoms with Crippen molar-refractivity contribution in [2.45, 2.75) is 27.9 Å². The minimum atomic E-state index is -2.24. The normalized spacial score (nSPS) is 28.3. The van der Waals surface area contributed by atoms with Crippen LogP contribution in [0.15, 0.2) is 40.4 Å². The molecule has 2 aliphatic carbocycles. The third-order valence-electron chi connectivity index (χ3n) is 6.35. The molecular weight excluding hydrogens is 615 g/mol. The van der Waals surface area contributed by atoms with Gasteiger partial charge in [0, 0.05) is 10.4 Å². The number of esters is 1. The van der Waals surface area contributed by atoms with Crippen LogP contribution in [0.3, 0.4) is 0 Å². The Hall–Kier alpha value is -1.19. The number of hydrogen-bond donors (Lipinski definition) is 2. The number of alkyl halides is 4. The van der Waals surface area contributed by atoms with E-state index in [0.29, 0.717) is 10.4 Å². The van der Waals surface area contributed by atoms with Crippen LogP contribution in [0.2, 0.25) is 0 Å². The Labute approximate surface area is 240 Å². The Morgan fingerprint density at radius 2 is 1.58 bits per heavy atom. The van der Waals surface area contributed by atoms with Crippen molar-refractivity contribution in [3.63, 3.8) is 0 Å². The van der Waals surface area contributed by atoms with Crippen LogP contribution in [0.1, 0.15) is 22.2 Å². The molecule has 2 aliphatic rings. The number of carboxylic acids is 1. The molecule has 36 heavy (non-hydrogen) atoms. The van der Waals surface area contributed by atoms with Gasteiger partial charge in [-0.25, -0.2) is 4.79 Å². The molecule has 1 saturated carbocycles. The summed E-state index contributed by atoms with van der Waals surface area (Å²) >= 11 is 40.0. The van der Waals surface area contributed by atoms with E-state index in [1.54, 1.807) is 13.8 Å². The predicted octanol–water partition coefficient (Wildman–Crippen LogP) is 7.00. The number of fused-ring (bicyclic) bond motifs is 2. The van der Waals surface area contributed by atoms with E-state index < -0.39 is 43.8 Å². The lowest BCUT2D eigenvalue weighted by molar-refractivity contribution is -0.146. The maximum Gasteiger partial charge on any atom is 0.341 e. The molecule has 0 aliphatic heterocycles. The molecule has 13 heteroatoms. The van der Waals surface area contributed by atoms with Gasteiger partial charge in [0.2, 0.25) is 5.91 Å². The van der Waals surface area contributed by atoms with Crippen molar-refractivity contribution in [2.75, 3.05) is 11.9 Å². The fourth-order valence-corrected chi connectivity index (χ4v) is 8.80. The molecule has 6 nitrogen and oxygen atoms in total. The van der Waals surface area contributed by atoms with Crippen molar-refractivity contribution in [1.82, 2.24) is 0 Å². The summed E-state index contributed by atoms with van der Waals surface area (Å²) in [6, 6.07) is 9.07. The van der Waals surface area contributed by atoms with Crippen molar-refractivity contribution in [3.8, 4) is 11.1 Å². The molecule has 2 bridgehead atoms. The van der Waals surface area contributed by atoms with Gasteiger partial charge in [0.25, 0.3) is 0 Å². The molecule has 1 fully saturated rings. The second kappa shape index (κ2) is 9.53. The van der Waals surface area contributed by atoms with Crippen molar-refractivity contribution in [1.29, 1.82) is 0 Å². The van der Waals surface area contributed by atoms with Gasteiger partial charge >= 0.3 is 11.9 Å². The van der Waals surface area contributed by atoms with Crippen LogP contribution < -0.4 is 5.32 Å². The molecule has 1 heterocycles.